The number of rotatable bonds is 6. The Hall–Kier alpha value is -1.95. The molecule has 0 aromatic carbocycles. The summed E-state index contributed by atoms with van der Waals surface area (Å²) in [5.74, 6) is 0. The molecule has 5 nitrogen and oxygen atoms in total. The van der Waals surface area contributed by atoms with Crippen LogP contribution < -0.4 is 5.32 Å². The van der Waals surface area contributed by atoms with Crippen molar-refractivity contribution in [2.24, 2.45) is 0 Å². The Bertz CT molecular complexity index is 652. The summed E-state index contributed by atoms with van der Waals surface area (Å²) in [6.45, 7) is 0.689. The molecule has 1 aliphatic carbocycles. The first-order valence-electron chi connectivity index (χ1n) is 8.60. The number of aryl methyl sites for hydroxylation is 1. The molecule has 1 saturated carbocycles. The molecular formula is C18H24N4OS. The summed E-state index contributed by atoms with van der Waals surface area (Å²) in [5.41, 5.74) is 1.84. The van der Waals surface area contributed by atoms with Crippen LogP contribution in [0, 0.1) is 0 Å². The first kappa shape index (κ1) is 16.9. The molecule has 0 bridgehead atoms. The van der Waals surface area contributed by atoms with E-state index in [0.717, 1.165) is 42.1 Å². The van der Waals surface area contributed by atoms with E-state index in [1.54, 1.807) is 17.5 Å². The normalized spacial score (nSPS) is 14.7. The molecule has 6 heteroatoms. The van der Waals surface area contributed by atoms with Crippen molar-refractivity contribution in [3.05, 3.63) is 34.8 Å². The van der Waals surface area contributed by atoms with Gasteiger partial charge in [-0.15, -0.1) is 11.3 Å². The van der Waals surface area contributed by atoms with Gasteiger partial charge in [0.1, 0.15) is 0 Å². The Morgan fingerprint density at radius 3 is 2.92 bits per heavy atom. The van der Waals surface area contributed by atoms with E-state index in [2.05, 4.69) is 15.3 Å². The number of amides is 2. The minimum atomic E-state index is 0.0511. The van der Waals surface area contributed by atoms with E-state index >= 15 is 0 Å². The molecule has 24 heavy (non-hydrogen) atoms. The predicted molar refractivity (Wildman–Crippen MR) is 97.1 cm³/mol. The lowest BCUT2D eigenvalue weighted by Gasteiger charge is -2.24. The zero-order valence-electron chi connectivity index (χ0n) is 14.1. The van der Waals surface area contributed by atoms with Gasteiger partial charge < -0.3 is 10.2 Å². The number of urea groups is 1. The number of carbonyl (C=O) groups is 1. The first-order chi connectivity index (χ1) is 11.7. The Labute approximate surface area is 147 Å². The monoisotopic (exact) mass is 344 g/mol. The van der Waals surface area contributed by atoms with E-state index in [0.29, 0.717) is 12.6 Å². The quantitative estimate of drug-likeness (QED) is 0.813. The van der Waals surface area contributed by atoms with E-state index in [1.807, 2.05) is 35.5 Å². The summed E-state index contributed by atoms with van der Waals surface area (Å²) < 4.78 is 0. The Kier molecular flexibility index (Phi) is 5.80. The fraction of sp³-hybridized carbons (Fsp3) is 0.500. The fourth-order valence-electron chi connectivity index (χ4n) is 3.07. The minimum Gasteiger partial charge on any atom is -0.338 e. The highest BCUT2D eigenvalue weighted by atomic mass is 32.1. The Morgan fingerprint density at radius 1 is 1.33 bits per heavy atom. The first-order valence-corrected chi connectivity index (χ1v) is 9.48. The van der Waals surface area contributed by atoms with Gasteiger partial charge in [0.15, 0.2) is 0 Å². The number of hydrogen-bond acceptors (Lipinski definition) is 4. The minimum absolute atomic E-state index is 0.0511. The molecule has 1 aliphatic rings. The Morgan fingerprint density at radius 2 is 2.17 bits per heavy atom. The number of nitrogens with zero attached hydrogens (tertiary/aromatic N) is 3. The van der Waals surface area contributed by atoms with Crippen LogP contribution in [-0.2, 0) is 6.42 Å². The SMILES string of the molecule is CN(C(=O)NCCCc1nc(-c2ccccn2)cs1)C1CCCC1. The lowest BCUT2D eigenvalue weighted by Crippen LogP contribution is -2.42. The number of aromatic nitrogens is 2. The molecule has 2 heterocycles. The van der Waals surface area contributed by atoms with Crippen LogP contribution in [0.15, 0.2) is 29.8 Å². The zero-order chi connectivity index (χ0) is 16.8. The van der Waals surface area contributed by atoms with Gasteiger partial charge >= 0.3 is 6.03 Å². The van der Waals surface area contributed by atoms with Gasteiger partial charge in [0, 0.05) is 37.6 Å². The molecule has 128 valence electrons. The smallest absolute Gasteiger partial charge is 0.317 e. The lowest BCUT2D eigenvalue weighted by atomic mass is 10.2. The summed E-state index contributed by atoms with van der Waals surface area (Å²) in [4.78, 5) is 22.9. The van der Waals surface area contributed by atoms with Gasteiger partial charge in [-0.05, 0) is 31.4 Å². The van der Waals surface area contributed by atoms with Gasteiger partial charge in [-0.2, -0.15) is 0 Å². The zero-order valence-corrected chi connectivity index (χ0v) is 14.9. The third kappa shape index (κ3) is 4.32. The lowest BCUT2D eigenvalue weighted by molar-refractivity contribution is 0.191. The summed E-state index contributed by atoms with van der Waals surface area (Å²) in [6.07, 6.45) is 8.32. The number of thiazole rings is 1. The molecular weight excluding hydrogens is 320 g/mol. The highest BCUT2D eigenvalue weighted by molar-refractivity contribution is 7.09. The highest BCUT2D eigenvalue weighted by Crippen LogP contribution is 2.22. The maximum atomic E-state index is 12.1. The van der Waals surface area contributed by atoms with Crippen molar-refractivity contribution >= 4 is 17.4 Å². The number of pyridine rings is 1. The molecule has 0 atom stereocenters. The van der Waals surface area contributed by atoms with Crippen molar-refractivity contribution in [3.63, 3.8) is 0 Å². The van der Waals surface area contributed by atoms with E-state index in [9.17, 15) is 4.79 Å². The van der Waals surface area contributed by atoms with Gasteiger partial charge in [-0.3, -0.25) is 4.98 Å². The van der Waals surface area contributed by atoms with Crippen LogP contribution in [0.3, 0.4) is 0 Å². The molecule has 1 fully saturated rings. The van der Waals surface area contributed by atoms with Crippen molar-refractivity contribution in [1.82, 2.24) is 20.2 Å². The van der Waals surface area contributed by atoms with Crippen LogP contribution in [0.1, 0.15) is 37.1 Å². The maximum Gasteiger partial charge on any atom is 0.317 e. The van der Waals surface area contributed by atoms with E-state index in [4.69, 9.17) is 0 Å². The van der Waals surface area contributed by atoms with Crippen LogP contribution in [0.2, 0.25) is 0 Å². The molecule has 0 saturated heterocycles. The second kappa shape index (κ2) is 8.24. The second-order valence-corrected chi connectivity index (χ2v) is 7.17. The van der Waals surface area contributed by atoms with E-state index in [-0.39, 0.29) is 6.03 Å². The van der Waals surface area contributed by atoms with Gasteiger partial charge in [-0.25, -0.2) is 9.78 Å². The second-order valence-electron chi connectivity index (χ2n) is 6.23. The van der Waals surface area contributed by atoms with Crippen LogP contribution in [0.25, 0.3) is 11.4 Å². The summed E-state index contributed by atoms with van der Waals surface area (Å²) in [7, 11) is 1.91. The van der Waals surface area contributed by atoms with Gasteiger partial charge in [-0.1, -0.05) is 18.9 Å². The number of nitrogens with one attached hydrogen (secondary N) is 1. The van der Waals surface area contributed by atoms with Crippen LogP contribution in [-0.4, -0.2) is 40.5 Å². The molecule has 2 aromatic rings. The van der Waals surface area contributed by atoms with Crippen molar-refractivity contribution in [2.75, 3.05) is 13.6 Å². The fourth-order valence-corrected chi connectivity index (χ4v) is 3.91. The van der Waals surface area contributed by atoms with Crippen LogP contribution in [0.4, 0.5) is 4.79 Å². The van der Waals surface area contributed by atoms with E-state index in [1.165, 1.54) is 12.8 Å². The van der Waals surface area contributed by atoms with E-state index < -0.39 is 0 Å². The van der Waals surface area contributed by atoms with Crippen molar-refractivity contribution < 1.29 is 4.79 Å². The number of hydrogen-bond donors (Lipinski definition) is 1. The third-order valence-electron chi connectivity index (χ3n) is 4.52. The largest absolute Gasteiger partial charge is 0.338 e. The highest BCUT2D eigenvalue weighted by Gasteiger charge is 2.22. The molecule has 1 N–H and O–H groups in total. The molecule has 2 amide bonds. The molecule has 0 spiro atoms. The predicted octanol–water partition coefficient (Wildman–Crippen LogP) is 3.72. The van der Waals surface area contributed by atoms with Gasteiger partial charge in [0.05, 0.1) is 16.4 Å². The molecule has 0 radical (unpaired) electrons. The van der Waals surface area contributed by atoms with Gasteiger partial charge in [0.25, 0.3) is 0 Å². The molecule has 0 unspecified atom stereocenters. The standard InChI is InChI=1S/C18H24N4OS/c1-22(14-7-2-3-8-14)18(23)20-12-6-10-17-21-16(13-24-17)15-9-4-5-11-19-15/h4-5,9,11,13-14H,2-3,6-8,10,12H2,1H3,(H,20,23). The molecule has 2 aromatic heterocycles. The van der Waals surface area contributed by atoms with Crippen molar-refractivity contribution in [3.8, 4) is 11.4 Å². The average Bonchev–Trinajstić information content (AvgIpc) is 3.30. The van der Waals surface area contributed by atoms with Crippen LogP contribution >= 0.6 is 11.3 Å². The number of carbonyl (C=O) groups excluding carboxylic acids is 1. The van der Waals surface area contributed by atoms with Crippen molar-refractivity contribution in [2.45, 2.75) is 44.6 Å². The van der Waals surface area contributed by atoms with Crippen molar-refractivity contribution in [1.29, 1.82) is 0 Å². The Balaban J connectivity index is 1.40. The summed E-state index contributed by atoms with van der Waals surface area (Å²) >= 11 is 1.66. The average molecular weight is 344 g/mol. The third-order valence-corrected chi connectivity index (χ3v) is 5.42. The van der Waals surface area contributed by atoms with Crippen LogP contribution in [0.5, 0.6) is 0 Å². The van der Waals surface area contributed by atoms with Gasteiger partial charge in [0.2, 0.25) is 0 Å². The summed E-state index contributed by atoms with van der Waals surface area (Å²) in [5, 5.41) is 6.16. The molecule has 0 aliphatic heterocycles. The maximum absolute atomic E-state index is 12.1. The topological polar surface area (TPSA) is 58.1 Å². The summed E-state index contributed by atoms with van der Waals surface area (Å²) in [6, 6.07) is 6.32. The molecule has 3 rings (SSSR count).